The van der Waals surface area contributed by atoms with Crippen LogP contribution < -0.4 is 10.0 Å². The third-order valence-corrected chi connectivity index (χ3v) is 7.80. The second-order valence-electron chi connectivity index (χ2n) is 8.45. The molecule has 2 fully saturated rings. The Morgan fingerprint density at radius 2 is 1.97 bits per heavy atom. The summed E-state index contributed by atoms with van der Waals surface area (Å²) in [5, 5.41) is 7.47. The monoisotopic (exact) mass is 516 g/mol. The minimum Gasteiger partial charge on any atom is -0.330 e. The molecule has 180 valence electrons. The fraction of sp³-hybridized carbons (Fsp3) is 0.524. The Morgan fingerprint density at radius 1 is 1.27 bits per heavy atom. The molecule has 8 nitrogen and oxygen atoms in total. The molecule has 2 N–H and O–H groups in total. The quantitative estimate of drug-likeness (QED) is 0.614. The zero-order valence-electron chi connectivity index (χ0n) is 18.2. The lowest BCUT2D eigenvalue weighted by atomic mass is 9.88. The van der Waals surface area contributed by atoms with Crippen molar-refractivity contribution in [2.45, 2.75) is 57.5 Å². The topological polar surface area (TPSA) is 106 Å². The molecule has 4 rings (SSSR count). The first-order valence-electron chi connectivity index (χ1n) is 10.8. The first-order chi connectivity index (χ1) is 15.6. The van der Waals surface area contributed by atoms with Gasteiger partial charge in [-0.25, -0.2) is 14.2 Å². The van der Waals surface area contributed by atoms with Gasteiger partial charge in [0.2, 0.25) is 0 Å². The molecule has 2 atom stereocenters. The Kier molecular flexibility index (Phi) is 7.25. The van der Waals surface area contributed by atoms with E-state index in [1.54, 1.807) is 0 Å². The Hall–Kier alpha value is -1.79. The molecular formula is C21H26ClFN4O4S2. The molecule has 1 aromatic heterocycles. The van der Waals surface area contributed by atoms with E-state index < -0.39 is 27.7 Å². The van der Waals surface area contributed by atoms with E-state index in [4.69, 9.17) is 16.7 Å². The van der Waals surface area contributed by atoms with E-state index in [1.807, 2.05) is 17.2 Å². The number of aryl methyl sites for hydroxylation is 1. The van der Waals surface area contributed by atoms with Gasteiger partial charge < -0.3 is 9.08 Å². The first-order valence-corrected chi connectivity index (χ1v) is 13.6. The van der Waals surface area contributed by atoms with Gasteiger partial charge in [0.25, 0.3) is 0 Å². The molecule has 2 heterocycles. The lowest BCUT2D eigenvalue weighted by Crippen LogP contribution is -2.51. The molecule has 1 aliphatic heterocycles. The van der Waals surface area contributed by atoms with Crippen LogP contribution in [0, 0.1) is 12.7 Å². The van der Waals surface area contributed by atoms with Crippen molar-refractivity contribution in [3.05, 3.63) is 39.6 Å². The van der Waals surface area contributed by atoms with Gasteiger partial charge in [0.05, 0.1) is 28.0 Å². The van der Waals surface area contributed by atoms with Crippen LogP contribution in [0.15, 0.2) is 17.5 Å². The predicted octanol–water partition coefficient (Wildman–Crippen LogP) is 4.15. The van der Waals surface area contributed by atoms with Crippen molar-refractivity contribution >= 4 is 50.0 Å². The van der Waals surface area contributed by atoms with Gasteiger partial charge in [-0.05, 0) is 51.8 Å². The number of nitrogens with two attached hydrogens (primary N) is 1. The summed E-state index contributed by atoms with van der Waals surface area (Å²) >= 11 is 8.01. The van der Waals surface area contributed by atoms with Crippen molar-refractivity contribution < 1.29 is 21.8 Å². The number of carbonyl (C=O) groups excluding carboxylic acids is 1. The maximum atomic E-state index is 15.1. The molecule has 1 aliphatic carbocycles. The van der Waals surface area contributed by atoms with Crippen LogP contribution in [-0.2, 0) is 14.5 Å². The number of halogens is 2. The largest absolute Gasteiger partial charge is 0.382 e. The maximum absolute atomic E-state index is 15.1. The second-order valence-corrected chi connectivity index (χ2v) is 10.8. The van der Waals surface area contributed by atoms with Crippen molar-refractivity contribution in [2.75, 3.05) is 18.0 Å². The van der Waals surface area contributed by atoms with Crippen LogP contribution in [0.4, 0.5) is 15.2 Å². The van der Waals surface area contributed by atoms with E-state index in [9.17, 15) is 13.2 Å². The smallest absolute Gasteiger partial charge is 0.330 e. The zero-order valence-corrected chi connectivity index (χ0v) is 20.6. The average Bonchev–Trinajstić information content (AvgIpc) is 3.42. The third-order valence-electron chi connectivity index (χ3n) is 6.16. The first kappa shape index (κ1) is 24.3. The SMILES string of the molecule is Cc1csc(N(c2cc(F)c(C(=O)OS(N)(=O)=O)cc2Cl)[C@H]2CCCC[C@@H]2N2CCCC2)n1. The van der Waals surface area contributed by atoms with Gasteiger partial charge in [-0.1, -0.05) is 24.4 Å². The lowest BCUT2D eigenvalue weighted by Gasteiger charge is -2.44. The molecular weight excluding hydrogens is 491 g/mol. The number of hydrogen-bond donors (Lipinski definition) is 1. The van der Waals surface area contributed by atoms with Gasteiger partial charge in [0.1, 0.15) is 5.82 Å². The molecule has 1 saturated heterocycles. The summed E-state index contributed by atoms with van der Waals surface area (Å²) in [6.45, 7) is 3.96. The third kappa shape index (κ3) is 5.48. The standard InChI is InChI=1S/C21H26ClFN4O4S2/c1-13-12-32-21(25-13)27(18-7-3-2-6-17(18)26-8-4-5-9-26)19-11-16(23)14(10-15(19)22)20(28)31-33(24,29)30/h10-12,17-18H,2-9H2,1H3,(H2,24,29,30)/t17-,18-/m0/s1. The predicted molar refractivity (Wildman–Crippen MR) is 126 cm³/mol. The van der Waals surface area contributed by atoms with Gasteiger partial charge in [0.15, 0.2) is 5.13 Å². The van der Waals surface area contributed by atoms with Crippen LogP contribution in [0.25, 0.3) is 0 Å². The maximum Gasteiger partial charge on any atom is 0.382 e. The highest BCUT2D eigenvalue weighted by atomic mass is 35.5. The van der Waals surface area contributed by atoms with Crippen LogP contribution >= 0.6 is 22.9 Å². The molecule has 1 aromatic carbocycles. The molecule has 0 amide bonds. The van der Waals surface area contributed by atoms with Crippen LogP contribution in [0.3, 0.4) is 0 Å². The van der Waals surface area contributed by atoms with Gasteiger partial charge in [-0.3, -0.25) is 4.90 Å². The number of nitrogens with zero attached hydrogens (tertiary/aromatic N) is 3. The van der Waals surface area contributed by atoms with Gasteiger partial charge in [-0.15, -0.1) is 11.3 Å². The summed E-state index contributed by atoms with van der Waals surface area (Å²) < 4.78 is 41.4. The Balaban J connectivity index is 1.76. The number of anilines is 2. The number of likely N-dealkylation sites (tertiary alicyclic amines) is 1. The molecule has 0 bridgehead atoms. The Labute approximate surface area is 201 Å². The highest BCUT2D eigenvalue weighted by Gasteiger charge is 2.38. The van der Waals surface area contributed by atoms with Crippen LogP contribution in [0.2, 0.25) is 5.02 Å². The summed E-state index contributed by atoms with van der Waals surface area (Å²) in [6, 6.07) is 2.54. The summed E-state index contributed by atoms with van der Waals surface area (Å²) in [6.07, 6.45) is 6.42. The molecule has 1 saturated carbocycles. The van der Waals surface area contributed by atoms with E-state index in [0.29, 0.717) is 10.8 Å². The van der Waals surface area contributed by atoms with E-state index >= 15 is 4.39 Å². The average molecular weight is 517 g/mol. The number of thiazole rings is 1. The fourth-order valence-electron chi connectivity index (χ4n) is 4.80. The molecule has 0 radical (unpaired) electrons. The van der Waals surface area contributed by atoms with Crippen LogP contribution in [0.1, 0.15) is 54.6 Å². The van der Waals surface area contributed by atoms with Crippen molar-refractivity contribution in [1.29, 1.82) is 0 Å². The van der Waals surface area contributed by atoms with Gasteiger partial charge in [-0.2, -0.15) is 13.6 Å². The molecule has 0 unspecified atom stereocenters. The number of benzene rings is 1. The van der Waals surface area contributed by atoms with E-state index in [2.05, 4.69) is 14.1 Å². The summed E-state index contributed by atoms with van der Waals surface area (Å²) in [4.78, 5) is 21.2. The number of rotatable bonds is 6. The highest BCUT2D eigenvalue weighted by Crippen LogP contribution is 2.42. The summed E-state index contributed by atoms with van der Waals surface area (Å²) in [5.74, 6) is -2.37. The van der Waals surface area contributed by atoms with Gasteiger partial charge >= 0.3 is 16.3 Å². The number of aromatic nitrogens is 1. The summed E-state index contributed by atoms with van der Waals surface area (Å²) in [5.41, 5.74) is 0.623. The molecule has 2 aromatic rings. The normalized spacial score (nSPS) is 21.8. The lowest BCUT2D eigenvalue weighted by molar-refractivity contribution is 0.0742. The van der Waals surface area contributed by atoms with Crippen LogP contribution in [0.5, 0.6) is 0 Å². The molecule has 0 spiro atoms. The van der Waals surface area contributed by atoms with E-state index in [-0.39, 0.29) is 17.1 Å². The van der Waals surface area contributed by atoms with E-state index in [1.165, 1.54) is 11.3 Å². The minimum absolute atomic E-state index is 0.0292. The van der Waals surface area contributed by atoms with Gasteiger partial charge in [0, 0.05) is 17.5 Å². The second kappa shape index (κ2) is 9.83. The Morgan fingerprint density at radius 3 is 2.61 bits per heavy atom. The van der Waals surface area contributed by atoms with E-state index in [0.717, 1.165) is 69.4 Å². The number of hydrogen-bond acceptors (Lipinski definition) is 8. The fourth-order valence-corrected chi connectivity index (χ4v) is 6.22. The minimum atomic E-state index is -4.59. The van der Waals surface area contributed by atoms with Crippen molar-refractivity contribution in [3.8, 4) is 0 Å². The highest BCUT2D eigenvalue weighted by molar-refractivity contribution is 7.84. The molecule has 12 heteroatoms. The zero-order chi connectivity index (χ0) is 23.8. The Bertz CT molecular complexity index is 1140. The number of carbonyl (C=O) groups is 1. The van der Waals surface area contributed by atoms with Crippen LogP contribution in [-0.4, -0.2) is 49.4 Å². The van der Waals surface area contributed by atoms with Crippen molar-refractivity contribution in [3.63, 3.8) is 0 Å². The van der Waals surface area contributed by atoms with Crippen molar-refractivity contribution in [1.82, 2.24) is 9.88 Å². The summed E-state index contributed by atoms with van der Waals surface area (Å²) in [7, 11) is -4.59. The molecule has 2 aliphatic rings. The molecule has 33 heavy (non-hydrogen) atoms. The van der Waals surface area contributed by atoms with Crippen molar-refractivity contribution in [2.24, 2.45) is 5.14 Å².